The van der Waals surface area contributed by atoms with Gasteiger partial charge in [-0.2, -0.15) is 4.37 Å². The van der Waals surface area contributed by atoms with Gasteiger partial charge in [0.05, 0.1) is 26.2 Å². The van der Waals surface area contributed by atoms with E-state index in [1.54, 1.807) is 14.2 Å². The van der Waals surface area contributed by atoms with Crippen LogP contribution in [0.5, 0.6) is 11.5 Å². The quantitative estimate of drug-likeness (QED) is 0.772. The minimum atomic E-state index is -0.429. The number of carbonyl (C=O) groups excluding carboxylic acids is 1. The summed E-state index contributed by atoms with van der Waals surface area (Å²) in [5.74, 6) is 1.34. The van der Waals surface area contributed by atoms with Crippen LogP contribution in [-0.2, 0) is 4.74 Å². The van der Waals surface area contributed by atoms with Crippen molar-refractivity contribution in [2.45, 2.75) is 26.7 Å². The van der Waals surface area contributed by atoms with Gasteiger partial charge in [0.1, 0.15) is 11.5 Å². The van der Waals surface area contributed by atoms with Gasteiger partial charge in [-0.05, 0) is 36.0 Å². The topological polar surface area (TPSA) is 57.7 Å². The third-order valence-electron chi connectivity index (χ3n) is 3.72. The first kappa shape index (κ1) is 17.3. The molecule has 0 bridgehead atoms. The van der Waals surface area contributed by atoms with Crippen LogP contribution in [0.1, 0.15) is 41.4 Å². The molecule has 0 radical (unpaired) electrons. The molecule has 0 saturated carbocycles. The summed E-state index contributed by atoms with van der Waals surface area (Å²) in [4.78, 5) is 12.7. The van der Waals surface area contributed by atoms with E-state index in [9.17, 15) is 4.79 Å². The fraction of sp³-hybridized carbons (Fsp3) is 0.412. The number of hydrogen-bond acceptors (Lipinski definition) is 6. The maximum absolute atomic E-state index is 11.8. The second-order valence-corrected chi connectivity index (χ2v) is 6.20. The van der Waals surface area contributed by atoms with Crippen molar-refractivity contribution in [2.24, 2.45) is 0 Å². The van der Waals surface area contributed by atoms with Gasteiger partial charge in [-0.15, -0.1) is 0 Å². The number of hydrogen-bond donors (Lipinski definition) is 0. The number of rotatable bonds is 5. The van der Waals surface area contributed by atoms with Gasteiger partial charge in [-0.25, -0.2) is 4.79 Å². The summed E-state index contributed by atoms with van der Waals surface area (Å²) in [5.41, 5.74) is 3.12. The molecule has 6 heteroatoms. The van der Waals surface area contributed by atoms with Gasteiger partial charge in [-0.1, -0.05) is 13.8 Å². The smallest absolute Gasteiger partial charge is 0.358 e. The lowest BCUT2D eigenvalue weighted by molar-refractivity contribution is 0.0594. The summed E-state index contributed by atoms with van der Waals surface area (Å²) in [5, 5.41) is 0. The zero-order chi connectivity index (χ0) is 17.1. The maximum Gasteiger partial charge on any atom is 0.358 e. The van der Waals surface area contributed by atoms with E-state index in [2.05, 4.69) is 18.2 Å². The van der Waals surface area contributed by atoms with Gasteiger partial charge < -0.3 is 14.2 Å². The molecule has 0 amide bonds. The largest absolute Gasteiger partial charge is 0.496 e. The molecule has 0 aliphatic carbocycles. The summed E-state index contributed by atoms with van der Waals surface area (Å²) in [6.45, 7) is 6.07. The molecule has 0 aliphatic heterocycles. The molecule has 2 aromatic rings. The van der Waals surface area contributed by atoms with E-state index in [0.717, 1.165) is 27.3 Å². The molecule has 1 aromatic heterocycles. The monoisotopic (exact) mass is 335 g/mol. The van der Waals surface area contributed by atoms with E-state index in [1.165, 1.54) is 18.6 Å². The molecule has 0 saturated heterocycles. The number of benzene rings is 1. The van der Waals surface area contributed by atoms with Crippen LogP contribution < -0.4 is 9.47 Å². The summed E-state index contributed by atoms with van der Waals surface area (Å²) in [6.07, 6.45) is 0. The maximum atomic E-state index is 11.8. The Morgan fingerprint density at radius 3 is 2.30 bits per heavy atom. The molecule has 0 aliphatic rings. The van der Waals surface area contributed by atoms with E-state index in [1.807, 2.05) is 19.1 Å². The Balaban J connectivity index is 2.65. The highest BCUT2D eigenvalue weighted by molar-refractivity contribution is 7.10. The van der Waals surface area contributed by atoms with Gasteiger partial charge >= 0.3 is 5.97 Å². The lowest BCUT2D eigenvalue weighted by Crippen LogP contribution is -2.03. The van der Waals surface area contributed by atoms with E-state index < -0.39 is 5.97 Å². The average molecular weight is 335 g/mol. The van der Waals surface area contributed by atoms with Crippen molar-refractivity contribution >= 4 is 17.5 Å². The van der Waals surface area contributed by atoms with Crippen molar-refractivity contribution < 1.29 is 19.0 Å². The Hall–Kier alpha value is -2.08. The molecule has 0 atom stereocenters. The Kier molecular flexibility index (Phi) is 5.26. The fourth-order valence-electron chi connectivity index (χ4n) is 2.43. The normalized spacial score (nSPS) is 10.7. The number of methoxy groups -OCH3 is 3. The number of carbonyl (C=O) groups is 1. The van der Waals surface area contributed by atoms with E-state index in [0.29, 0.717) is 17.4 Å². The second kappa shape index (κ2) is 7.00. The first-order chi connectivity index (χ1) is 10.9. The van der Waals surface area contributed by atoms with Crippen LogP contribution in [0.2, 0.25) is 0 Å². The van der Waals surface area contributed by atoms with Gasteiger partial charge in [0.15, 0.2) is 5.69 Å². The average Bonchev–Trinajstić information content (AvgIpc) is 2.93. The predicted molar refractivity (Wildman–Crippen MR) is 90.8 cm³/mol. The van der Waals surface area contributed by atoms with Crippen LogP contribution in [0.15, 0.2) is 12.1 Å². The highest BCUT2D eigenvalue weighted by Crippen LogP contribution is 2.42. The van der Waals surface area contributed by atoms with Crippen LogP contribution in [-0.4, -0.2) is 31.7 Å². The number of ether oxygens (including phenoxy) is 3. The molecule has 23 heavy (non-hydrogen) atoms. The molecule has 2 rings (SSSR count). The van der Waals surface area contributed by atoms with Gasteiger partial charge in [0.2, 0.25) is 0 Å². The number of aromatic nitrogens is 1. The molecule has 0 fully saturated rings. The molecular formula is C17H21NO4S. The molecule has 0 spiro atoms. The van der Waals surface area contributed by atoms with Crippen molar-refractivity contribution in [2.75, 3.05) is 21.3 Å². The van der Waals surface area contributed by atoms with Crippen LogP contribution in [0.4, 0.5) is 0 Å². The number of esters is 1. The van der Waals surface area contributed by atoms with Crippen molar-refractivity contribution in [3.05, 3.63) is 29.0 Å². The van der Waals surface area contributed by atoms with E-state index in [-0.39, 0.29) is 0 Å². The van der Waals surface area contributed by atoms with Crippen LogP contribution in [0.3, 0.4) is 0 Å². The molecule has 1 aromatic carbocycles. The van der Waals surface area contributed by atoms with Crippen molar-refractivity contribution in [1.82, 2.24) is 4.37 Å². The Labute approximate surface area is 140 Å². The van der Waals surface area contributed by atoms with Crippen molar-refractivity contribution in [1.29, 1.82) is 0 Å². The molecule has 124 valence electrons. The highest BCUT2D eigenvalue weighted by Gasteiger charge is 2.22. The summed E-state index contributed by atoms with van der Waals surface area (Å²) >= 11 is 1.26. The minimum Gasteiger partial charge on any atom is -0.496 e. The third kappa shape index (κ3) is 3.17. The molecule has 5 nitrogen and oxygen atoms in total. The first-order valence-electron chi connectivity index (χ1n) is 7.25. The Morgan fingerprint density at radius 2 is 1.78 bits per heavy atom. The standard InChI is InChI=1S/C17H21NO4S/c1-9(2)11-7-12(14(21-5)8-13(11)20-4)16-10(3)15(18-23-16)17(19)22-6/h7-9H,1-6H3. The second-order valence-electron chi connectivity index (χ2n) is 5.43. The fourth-order valence-corrected chi connectivity index (χ4v) is 3.31. The third-order valence-corrected chi connectivity index (χ3v) is 4.70. The zero-order valence-corrected chi connectivity index (χ0v) is 15.0. The Morgan fingerprint density at radius 1 is 1.13 bits per heavy atom. The van der Waals surface area contributed by atoms with E-state index >= 15 is 0 Å². The van der Waals surface area contributed by atoms with Gasteiger partial charge in [0.25, 0.3) is 0 Å². The first-order valence-corrected chi connectivity index (χ1v) is 8.02. The summed E-state index contributed by atoms with van der Waals surface area (Å²) < 4.78 is 20.0. The SMILES string of the molecule is COC(=O)c1nsc(-c2cc(C(C)C)c(OC)cc2OC)c1C. The van der Waals surface area contributed by atoms with Gasteiger partial charge in [-0.3, -0.25) is 0 Å². The van der Waals surface area contributed by atoms with Crippen LogP contribution >= 0.6 is 11.5 Å². The molecule has 0 unspecified atom stereocenters. The minimum absolute atomic E-state index is 0.294. The number of nitrogens with zero attached hydrogens (tertiary/aromatic N) is 1. The predicted octanol–water partition coefficient (Wildman–Crippen LogP) is 4.05. The van der Waals surface area contributed by atoms with E-state index in [4.69, 9.17) is 14.2 Å². The summed E-state index contributed by atoms with van der Waals surface area (Å²) in [6, 6.07) is 3.92. The molecule has 1 heterocycles. The lowest BCUT2D eigenvalue weighted by atomic mass is 9.97. The molecule has 0 N–H and O–H groups in total. The highest BCUT2D eigenvalue weighted by atomic mass is 32.1. The molecular weight excluding hydrogens is 314 g/mol. The van der Waals surface area contributed by atoms with Crippen LogP contribution in [0, 0.1) is 6.92 Å². The van der Waals surface area contributed by atoms with Gasteiger partial charge in [0, 0.05) is 17.2 Å². The Bertz CT molecular complexity index is 722. The van der Waals surface area contributed by atoms with Crippen molar-refractivity contribution in [3.63, 3.8) is 0 Å². The van der Waals surface area contributed by atoms with Crippen LogP contribution in [0.25, 0.3) is 10.4 Å². The summed E-state index contributed by atoms with van der Waals surface area (Å²) in [7, 11) is 4.62. The lowest BCUT2D eigenvalue weighted by Gasteiger charge is -2.16. The zero-order valence-electron chi connectivity index (χ0n) is 14.2. The van der Waals surface area contributed by atoms with Crippen molar-refractivity contribution in [3.8, 4) is 21.9 Å².